The molecule has 0 spiro atoms. The summed E-state index contributed by atoms with van der Waals surface area (Å²) in [5.41, 5.74) is 3.21. The zero-order chi connectivity index (χ0) is 18.8. The number of nitrogens with one attached hydrogen (secondary N) is 4. The number of hydroxylamine groups is 1. The lowest BCUT2D eigenvalue weighted by molar-refractivity contribution is -0.127. The van der Waals surface area contributed by atoms with Crippen molar-refractivity contribution in [2.45, 2.75) is 82.8 Å². The van der Waals surface area contributed by atoms with E-state index in [2.05, 4.69) is 34.9 Å². The first-order valence-electron chi connectivity index (χ1n) is 11.0. The average molecular weight is 377 g/mol. The van der Waals surface area contributed by atoms with E-state index in [0.29, 0.717) is 17.9 Å². The molecule has 0 aromatic heterocycles. The molecule has 4 rings (SSSR count). The van der Waals surface area contributed by atoms with Gasteiger partial charge in [-0.05, 0) is 75.7 Å². The number of carbonyl (C=O) groups is 1. The topological polar surface area (TPSA) is 74.4 Å². The predicted molar refractivity (Wildman–Crippen MR) is 105 cm³/mol. The second-order valence-corrected chi connectivity index (χ2v) is 8.98. The van der Waals surface area contributed by atoms with Crippen molar-refractivity contribution in [2.24, 2.45) is 23.7 Å². The molecule has 4 aliphatic rings. The van der Waals surface area contributed by atoms with Gasteiger partial charge in [0, 0.05) is 18.0 Å². The highest BCUT2D eigenvalue weighted by Gasteiger charge is 2.44. The fourth-order valence-corrected chi connectivity index (χ4v) is 5.80. The molecule has 7 unspecified atom stereocenters. The lowest BCUT2D eigenvalue weighted by atomic mass is 9.73. The lowest BCUT2D eigenvalue weighted by Gasteiger charge is -2.37. The largest absolute Gasteiger partial charge is 0.353 e. The van der Waals surface area contributed by atoms with Gasteiger partial charge in [-0.25, -0.2) is 0 Å². The van der Waals surface area contributed by atoms with E-state index >= 15 is 0 Å². The van der Waals surface area contributed by atoms with Crippen molar-refractivity contribution in [3.05, 3.63) is 12.7 Å². The van der Waals surface area contributed by atoms with Crippen LogP contribution in [-0.4, -0.2) is 36.9 Å². The average Bonchev–Trinajstić information content (AvgIpc) is 3.35. The minimum absolute atomic E-state index is 0.139. The van der Waals surface area contributed by atoms with Gasteiger partial charge in [0.25, 0.3) is 0 Å². The van der Waals surface area contributed by atoms with Crippen LogP contribution in [0.3, 0.4) is 0 Å². The van der Waals surface area contributed by atoms with E-state index in [4.69, 9.17) is 4.84 Å². The lowest BCUT2D eigenvalue weighted by Crippen LogP contribution is -2.48. The first-order valence-corrected chi connectivity index (χ1v) is 11.0. The van der Waals surface area contributed by atoms with E-state index in [0.717, 1.165) is 38.1 Å². The Hall–Kier alpha value is -0.950. The smallest absolute Gasteiger partial charge is 0.223 e. The number of fused-ring (bicyclic) bond motifs is 1. The van der Waals surface area contributed by atoms with Crippen LogP contribution in [0.5, 0.6) is 0 Å². The molecule has 2 heterocycles. The summed E-state index contributed by atoms with van der Waals surface area (Å²) in [5, 5.41) is 10.4. The second kappa shape index (κ2) is 8.60. The molecule has 152 valence electrons. The molecule has 0 radical (unpaired) electrons. The van der Waals surface area contributed by atoms with Crippen LogP contribution in [0.2, 0.25) is 0 Å². The maximum absolute atomic E-state index is 12.8. The van der Waals surface area contributed by atoms with Gasteiger partial charge in [-0.3, -0.25) is 14.9 Å². The van der Waals surface area contributed by atoms with E-state index in [-0.39, 0.29) is 30.3 Å². The highest BCUT2D eigenvalue weighted by atomic mass is 16.7. The van der Waals surface area contributed by atoms with Gasteiger partial charge in [-0.15, -0.1) is 6.58 Å². The molecular formula is C21H36N4O2. The van der Waals surface area contributed by atoms with Crippen LogP contribution in [0.25, 0.3) is 0 Å². The third-order valence-corrected chi connectivity index (χ3v) is 7.41. The van der Waals surface area contributed by atoms with E-state index in [1.165, 1.54) is 25.7 Å². The standard InChI is InChI=1S/C21H36N4O2/c1-3-16-12-15(9-10-22-16)21(26)23-18-8-6-13-11-14(5-7-17(13)18)20-24-19(4-2)27-25-20/h3,13-20,22,24-25H,1,4-12H2,2H3,(H,23,26)/t13?,14?,15?,16?,17?,18-,19?,20?/m1/s1. The van der Waals surface area contributed by atoms with E-state index in [1.807, 2.05) is 6.08 Å². The first kappa shape index (κ1) is 19.4. The van der Waals surface area contributed by atoms with Crippen molar-refractivity contribution < 1.29 is 9.63 Å². The van der Waals surface area contributed by atoms with E-state index in [1.54, 1.807) is 0 Å². The Kier molecular flexibility index (Phi) is 6.17. The van der Waals surface area contributed by atoms with Gasteiger partial charge < -0.3 is 10.6 Å². The predicted octanol–water partition coefficient (Wildman–Crippen LogP) is 2.04. The second-order valence-electron chi connectivity index (χ2n) is 8.98. The Morgan fingerprint density at radius 2 is 2.04 bits per heavy atom. The number of amides is 1. The van der Waals surface area contributed by atoms with Crippen LogP contribution in [0.4, 0.5) is 0 Å². The van der Waals surface area contributed by atoms with Crippen LogP contribution in [-0.2, 0) is 9.63 Å². The fraction of sp³-hybridized carbons (Fsp3) is 0.857. The molecule has 8 atom stereocenters. The Labute approximate surface area is 163 Å². The summed E-state index contributed by atoms with van der Waals surface area (Å²) in [4.78, 5) is 18.4. The zero-order valence-electron chi connectivity index (χ0n) is 16.6. The van der Waals surface area contributed by atoms with Gasteiger partial charge in [0.1, 0.15) is 6.23 Å². The molecule has 1 amide bonds. The molecule has 2 aliphatic carbocycles. The molecule has 2 saturated carbocycles. The third kappa shape index (κ3) is 4.24. The molecule has 4 N–H and O–H groups in total. The maximum Gasteiger partial charge on any atom is 0.223 e. The van der Waals surface area contributed by atoms with Gasteiger partial charge >= 0.3 is 0 Å². The first-order chi connectivity index (χ1) is 13.2. The molecule has 0 bridgehead atoms. The molecule has 6 nitrogen and oxygen atoms in total. The SMILES string of the molecule is C=CC1CC(C(=O)N[C@@H]2CCC3CC(C4NOC(CC)N4)CCC32)CCN1. The molecular weight excluding hydrogens is 340 g/mol. The van der Waals surface area contributed by atoms with Crippen molar-refractivity contribution >= 4 is 5.91 Å². The quantitative estimate of drug-likeness (QED) is 0.553. The molecule has 6 heteroatoms. The van der Waals surface area contributed by atoms with Gasteiger partial charge in [0.05, 0.1) is 6.17 Å². The van der Waals surface area contributed by atoms with Gasteiger partial charge in [-0.2, -0.15) is 5.48 Å². The monoisotopic (exact) mass is 376 g/mol. The summed E-state index contributed by atoms with van der Waals surface area (Å²) in [7, 11) is 0. The summed E-state index contributed by atoms with van der Waals surface area (Å²) in [5.74, 6) is 2.45. The fourth-order valence-electron chi connectivity index (χ4n) is 5.80. The van der Waals surface area contributed by atoms with Crippen LogP contribution in [0, 0.1) is 23.7 Å². The molecule has 0 aromatic carbocycles. The maximum atomic E-state index is 12.8. The minimum Gasteiger partial charge on any atom is -0.353 e. The molecule has 0 aromatic rings. The van der Waals surface area contributed by atoms with E-state index < -0.39 is 0 Å². The van der Waals surface area contributed by atoms with Gasteiger partial charge in [-0.1, -0.05) is 13.0 Å². The highest BCUT2D eigenvalue weighted by Crippen LogP contribution is 2.45. The number of hydrogen-bond acceptors (Lipinski definition) is 5. The van der Waals surface area contributed by atoms with Crippen LogP contribution < -0.4 is 21.4 Å². The number of piperidine rings is 1. The number of carbonyl (C=O) groups excluding carboxylic acids is 1. The van der Waals surface area contributed by atoms with Crippen molar-refractivity contribution in [3.63, 3.8) is 0 Å². The summed E-state index contributed by atoms with van der Waals surface area (Å²) in [6.45, 7) is 6.93. The number of hydrogen-bond donors (Lipinski definition) is 4. The molecule has 2 saturated heterocycles. The van der Waals surface area contributed by atoms with Gasteiger partial charge in [0.2, 0.25) is 5.91 Å². The molecule has 4 fully saturated rings. The van der Waals surface area contributed by atoms with Crippen LogP contribution in [0.1, 0.15) is 58.3 Å². The molecule has 27 heavy (non-hydrogen) atoms. The third-order valence-electron chi connectivity index (χ3n) is 7.41. The summed E-state index contributed by atoms with van der Waals surface area (Å²) in [6, 6.07) is 0.659. The minimum atomic E-state index is 0.139. The van der Waals surface area contributed by atoms with Crippen molar-refractivity contribution in [1.29, 1.82) is 0 Å². The van der Waals surface area contributed by atoms with Crippen LogP contribution >= 0.6 is 0 Å². The Morgan fingerprint density at radius 1 is 1.19 bits per heavy atom. The summed E-state index contributed by atoms with van der Waals surface area (Å²) < 4.78 is 0. The summed E-state index contributed by atoms with van der Waals surface area (Å²) in [6.07, 6.45) is 11.2. The molecule has 2 aliphatic heterocycles. The number of rotatable bonds is 5. The Bertz CT molecular complexity index is 542. The van der Waals surface area contributed by atoms with E-state index in [9.17, 15) is 4.79 Å². The van der Waals surface area contributed by atoms with Gasteiger partial charge in [0.15, 0.2) is 0 Å². The normalized spacial score (nSPS) is 44.6. The highest BCUT2D eigenvalue weighted by molar-refractivity contribution is 5.79. The Balaban J connectivity index is 1.28. The van der Waals surface area contributed by atoms with Crippen molar-refractivity contribution in [2.75, 3.05) is 6.54 Å². The van der Waals surface area contributed by atoms with Crippen molar-refractivity contribution in [3.8, 4) is 0 Å². The summed E-state index contributed by atoms with van der Waals surface area (Å²) >= 11 is 0. The van der Waals surface area contributed by atoms with Crippen molar-refractivity contribution in [1.82, 2.24) is 21.4 Å². The zero-order valence-corrected chi connectivity index (χ0v) is 16.6. The van der Waals surface area contributed by atoms with Crippen LogP contribution in [0.15, 0.2) is 12.7 Å². The Morgan fingerprint density at radius 3 is 2.81 bits per heavy atom.